The lowest BCUT2D eigenvalue weighted by molar-refractivity contribution is -0.147. The first kappa shape index (κ1) is 27.9. The molecule has 170 valence electrons. The van der Waals surface area contributed by atoms with Crippen molar-refractivity contribution in [2.45, 2.75) is 137 Å². The van der Waals surface area contributed by atoms with E-state index in [-0.39, 0.29) is 12.1 Å². The minimum absolute atomic E-state index is 0.0280. The first-order chi connectivity index (χ1) is 13.9. The van der Waals surface area contributed by atoms with Crippen LogP contribution >= 0.6 is 0 Å². The Labute approximate surface area is 182 Å². The van der Waals surface area contributed by atoms with E-state index >= 15 is 0 Å². The molecule has 2 heteroatoms. The third kappa shape index (κ3) is 18.7. The highest BCUT2D eigenvalue weighted by molar-refractivity contribution is 5.69. The van der Waals surface area contributed by atoms with Crippen molar-refractivity contribution in [1.82, 2.24) is 0 Å². The molecule has 0 fully saturated rings. The number of hydrogen-bond donors (Lipinski definition) is 0. The van der Waals surface area contributed by atoms with Crippen molar-refractivity contribution in [2.75, 3.05) is 0 Å². The van der Waals surface area contributed by atoms with E-state index in [1.165, 1.54) is 89.0 Å². The summed E-state index contributed by atoms with van der Waals surface area (Å²) in [6.07, 6.45) is 21.2. The summed E-state index contributed by atoms with van der Waals surface area (Å²) < 4.78 is 5.10. The minimum Gasteiger partial charge on any atom is -0.463 e. The summed E-state index contributed by atoms with van der Waals surface area (Å²) in [7, 11) is 0. The zero-order valence-corrected chi connectivity index (χ0v) is 20.4. The second-order valence-corrected chi connectivity index (χ2v) is 9.19. The van der Waals surface area contributed by atoms with Crippen LogP contribution in [0.15, 0.2) is 23.8 Å². The molecule has 1 aliphatic carbocycles. The molecule has 0 radical (unpaired) electrons. The largest absolute Gasteiger partial charge is 0.463 e. The third-order valence-corrected chi connectivity index (χ3v) is 5.69. The summed E-state index contributed by atoms with van der Waals surface area (Å²) in [6.45, 7) is 14.4. The predicted molar refractivity (Wildman–Crippen MR) is 128 cm³/mol. The topological polar surface area (TPSA) is 26.3 Å². The van der Waals surface area contributed by atoms with Crippen LogP contribution in [0.3, 0.4) is 0 Å². The number of rotatable bonds is 14. The van der Waals surface area contributed by atoms with Gasteiger partial charge in [0.1, 0.15) is 0 Å². The third-order valence-electron chi connectivity index (χ3n) is 5.69. The van der Waals surface area contributed by atoms with Crippen LogP contribution in [0.1, 0.15) is 131 Å². The average Bonchev–Trinajstić information content (AvgIpc) is 2.66. The van der Waals surface area contributed by atoms with Crippen molar-refractivity contribution >= 4 is 5.97 Å². The Hall–Kier alpha value is -1.05. The molecule has 0 heterocycles. The molecule has 0 bridgehead atoms. The van der Waals surface area contributed by atoms with Crippen LogP contribution in [0.2, 0.25) is 0 Å². The molecule has 29 heavy (non-hydrogen) atoms. The second-order valence-electron chi connectivity index (χ2n) is 9.19. The van der Waals surface area contributed by atoms with Crippen LogP contribution < -0.4 is 0 Å². The van der Waals surface area contributed by atoms with Crippen LogP contribution in [-0.4, -0.2) is 12.1 Å². The Kier molecular flexibility index (Phi) is 18.3. The molecule has 0 aliphatic heterocycles. The molecule has 0 spiro atoms. The number of carbonyl (C=O) groups excluding carboxylic acids is 1. The van der Waals surface area contributed by atoms with E-state index in [0.717, 1.165) is 12.3 Å². The van der Waals surface area contributed by atoms with Crippen molar-refractivity contribution in [3.05, 3.63) is 23.8 Å². The smallest absolute Gasteiger partial charge is 0.306 e. The molecule has 2 nitrogen and oxygen atoms in total. The number of unbranched alkanes of at least 4 members (excludes halogenated alkanes) is 10. The van der Waals surface area contributed by atoms with E-state index in [0.29, 0.717) is 6.42 Å². The maximum absolute atomic E-state index is 11.3. The zero-order valence-electron chi connectivity index (χ0n) is 20.4. The van der Waals surface area contributed by atoms with Gasteiger partial charge < -0.3 is 4.74 Å². The summed E-state index contributed by atoms with van der Waals surface area (Å²) in [5.74, 6) is 0.731. The maximum Gasteiger partial charge on any atom is 0.306 e. The van der Waals surface area contributed by atoms with Gasteiger partial charge in [0.2, 0.25) is 0 Å². The highest BCUT2D eigenvalue weighted by Crippen LogP contribution is 2.27. The molecule has 0 saturated carbocycles. The van der Waals surface area contributed by atoms with E-state index < -0.39 is 0 Å². The van der Waals surface area contributed by atoms with E-state index in [2.05, 4.69) is 33.4 Å². The zero-order chi connectivity index (χ0) is 21.9. The number of ether oxygens (including phenoxy) is 1. The van der Waals surface area contributed by atoms with Gasteiger partial charge in [0.05, 0.1) is 6.10 Å². The molecule has 0 aromatic rings. The molecule has 1 atom stereocenters. The number of hydrogen-bond acceptors (Lipinski definition) is 2. The van der Waals surface area contributed by atoms with E-state index in [1.54, 1.807) is 5.57 Å². The lowest BCUT2D eigenvalue weighted by Gasteiger charge is -2.19. The van der Waals surface area contributed by atoms with Gasteiger partial charge in [-0.15, -0.1) is 0 Å². The minimum atomic E-state index is -0.0362. The number of esters is 1. The fourth-order valence-electron chi connectivity index (χ4n) is 3.67. The molecule has 1 rings (SSSR count). The standard InChI is InChI=1S/C17H34O2.C10H16/c1-4-5-6-7-8-9-10-11-12-13-14-15-17(18)19-16(2)3;1-8(2)10-6-4-9(3)5-7-10/h16H,4-15H2,1-3H3;4,10H,1,5-7H2,2-3H3/t;10-/m.0/s1. The van der Waals surface area contributed by atoms with E-state index in [9.17, 15) is 4.79 Å². The lowest BCUT2D eigenvalue weighted by Crippen LogP contribution is -2.10. The van der Waals surface area contributed by atoms with Crippen LogP contribution in [0.25, 0.3) is 0 Å². The Morgan fingerprint density at radius 2 is 1.55 bits per heavy atom. The molecule has 0 saturated heterocycles. The summed E-state index contributed by atoms with van der Waals surface area (Å²) in [6, 6.07) is 0. The van der Waals surface area contributed by atoms with Crippen molar-refractivity contribution in [2.24, 2.45) is 5.92 Å². The normalized spacial score (nSPS) is 16.1. The first-order valence-corrected chi connectivity index (χ1v) is 12.4. The van der Waals surface area contributed by atoms with Crippen LogP contribution in [0, 0.1) is 5.92 Å². The van der Waals surface area contributed by atoms with Crippen LogP contribution in [-0.2, 0) is 9.53 Å². The second kappa shape index (κ2) is 18.9. The number of carbonyl (C=O) groups is 1. The molecule has 0 aromatic heterocycles. The highest BCUT2D eigenvalue weighted by Gasteiger charge is 2.11. The van der Waals surface area contributed by atoms with Crippen LogP contribution in [0.4, 0.5) is 0 Å². The highest BCUT2D eigenvalue weighted by atomic mass is 16.5. The van der Waals surface area contributed by atoms with Gasteiger partial charge in [0, 0.05) is 6.42 Å². The van der Waals surface area contributed by atoms with Crippen molar-refractivity contribution < 1.29 is 9.53 Å². The fraction of sp³-hybridized carbons (Fsp3) is 0.815. The van der Waals surface area contributed by atoms with Gasteiger partial charge in [0.25, 0.3) is 0 Å². The van der Waals surface area contributed by atoms with Gasteiger partial charge in [-0.3, -0.25) is 4.79 Å². The Balaban J connectivity index is 0.000000651. The van der Waals surface area contributed by atoms with Gasteiger partial charge in [-0.25, -0.2) is 0 Å². The van der Waals surface area contributed by atoms with Crippen molar-refractivity contribution in [3.63, 3.8) is 0 Å². The summed E-state index contributed by atoms with van der Waals surface area (Å²) >= 11 is 0. The lowest BCUT2D eigenvalue weighted by atomic mass is 9.86. The monoisotopic (exact) mass is 406 g/mol. The van der Waals surface area contributed by atoms with Gasteiger partial charge in [-0.1, -0.05) is 94.9 Å². The summed E-state index contributed by atoms with van der Waals surface area (Å²) in [5, 5.41) is 0. The average molecular weight is 407 g/mol. The van der Waals surface area contributed by atoms with Gasteiger partial charge >= 0.3 is 5.97 Å². The number of allylic oxidation sites excluding steroid dienone is 3. The van der Waals surface area contributed by atoms with Crippen molar-refractivity contribution in [1.29, 1.82) is 0 Å². The predicted octanol–water partition coefficient (Wildman–Crippen LogP) is 8.95. The molecule has 0 aromatic carbocycles. The summed E-state index contributed by atoms with van der Waals surface area (Å²) in [4.78, 5) is 11.3. The quantitative estimate of drug-likeness (QED) is 0.163. The van der Waals surface area contributed by atoms with E-state index in [4.69, 9.17) is 4.74 Å². The SMILES string of the molecule is C=C(C)[C@H]1CC=C(C)CC1.CCCCCCCCCCCCCC(=O)OC(C)C. The Morgan fingerprint density at radius 3 is 1.97 bits per heavy atom. The van der Waals surface area contributed by atoms with Crippen molar-refractivity contribution in [3.8, 4) is 0 Å². The molecular weight excluding hydrogens is 356 g/mol. The van der Waals surface area contributed by atoms with Crippen LogP contribution in [0.5, 0.6) is 0 Å². The van der Waals surface area contributed by atoms with E-state index in [1.807, 2.05) is 13.8 Å². The Morgan fingerprint density at radius 1 is 1.03 bits per heavy atom. The molecule has 0 amide bonds. The molecule has 0 unspecified atom stereocenters. The van der Waals surface area contributed by atoms with Gasteiger partial charge in [0.15, 0.2) is 0 Å². The fourth-order valence-corrected chi connectivity index (χ4v) is 3.67. The first-order valence-electron chi connectivity index (χ1n) is 12.4. The molecule has 0 N–H and O–H groups in total. The summed E-state index contributed by atoms with van der Waals surface area (Å²) in [5.41, 5.74) is 2.90. The maximum atomic E-state index is 11.3. The van der Waals surface area contributed by atoms with Gasteiger partial charge in [-0.2, -0.15) is 0 Å². The molecule has 1 aliphatic rings. The molecular formula is C27H50O2. The van der Waals surface area contributed by atoms with Gasteiger partial charge in [-0.05, 0) is 59.3 Å². The Bertz CT molecular complexity index is 447.